The molecule has 28 heavy (non-hydrogen) atoms. The SMILES string of the molecule is O=C1CCC2C1C(C=Cc1ccccc1)N(C(=O)C1CCCCC1)C2C(=O)O. The Bertz CT molecular complexity index is 781. The molecule has 1 amide bonds. The number of Topliss-reactive ketones (excluding diaryl/α,β-unsaturated/α-hetero) is 1. The fourth-order valence-electron chi connectivity index (χ4n) is 5.39. The molecule has 0 spiro atoms. The first-order valence-corrected chi connectivity index (χ1v) is 10.4. The van der Waals surface area contributed by atoms with Crippen LogP contribution in [0.3, 0.4) is 0 Å². The van der Waals surface area contributed by atoms with Crippen molar-refractivity contribution in [2.75, 3.05) is 0 Å². The van der Waals surface area contributed by atoms with E-state index in [4.69, 9.17) is 0 Å². The van der Waals surface area contributed by atoms with Crippen LogP contribution in [0.15, 0.2) is 36.4 Å². The Balaban J connectivity index is 1.69. The average molecular weight is 381 g/mol. The molecular weight excluding hydrogens is 354 g/mol. The van der Waals surface area contributed by atoms with E-state index in [0.29, 0.717) is 12.8 Å². The van der Waals surface area contributed by atoms with Gasteiger partial charge in [0.25, 0.3) is 0 Å². The van der Waals surface area contributed by atoms with Crippen LogP contribution in [-0.2, 0) is 14.4 Å². The van der Waals surface area contributed by atoms with Gasteiger partial charge in [-0.2, -0.15) is 0 Å². The van der Waals surface area contributed by atoms with E-state index >= 15 is 0 Å². The van der Waals surface area contributed by atoms with E-state index in [1.807, 2.05) is 42.5 Å². The molecule has 0 bridgehead atoms. The maximum Gasteiger partial charge on any atom is 0.326 e. The van der Waals surface area contributed by atoms with Crippen molar-refractivity contribution in [1.82, 2.24) is 4.90 Å². The molecule has 2 saturated carbocycles. The highest BCUT2D eigenvalue weighted by molar-refractivity contribution is 5.93. The molecule has 1 aromatic rings. The summed E-state index contributed by atoms with van der Waals surface area (Å²) in [4.78, 5) is 39.7. The number of carboxylic acid groups (broad SMARTS) is 1. The topological polar surface area (TPSA) is 74.7 Å². The van der Waals surface area contributed by atoms with Crippen molar-refractivity contribution in [3.05, 3.63) is 42.0 Å². The van der Waals surface area contributed by atoms with Crippen LogP contribution in [0.1, 0.15) is 50.5 Å². The number of ketones is 1. The molecule has 0 aromatic heterocycles. The van der Waals surface area contributed by atoms with E-state index in [9.17, 15) is 19.5 Å². The van der Waals surface area contributed by atoms with E-state index in [-0.39, 0.29) is 23.5 Å². The number of amides is 1. The van der Waals surface area contributed by atoms with E-state index in [1.54, 1.807) is 4.90 Å². The van der Waals surface area contributed by atoms with Gasteiger partial charge in [0, 0.05) is 24.2 Å². The fraction of sp³-hybridized carbons (Fsp3) is 0.522. The largest absolute Gasteiger partial charge is 0.480 e. The summed E-state index contributed by atoms with van der Waals surface area (Å²) in [7, 11) is 0. The molecule has 1 aromatic carbocycles. The second kappa shape index (κ2) is 7.90. The first-order valence-electron chi connectivity index (χ1n) is 10.4. The van der Waals surface area contributed by atoms with Crippen LogP contribution in [-0.4, -0.2) is 39.7 Å². The monoisotopic (exact) mass is 381 g/mol. The predicted molar refractivity (Wildman–Crippen MR) is 105 cm³/mol. The summed E-state index contributed by atoms with van der Waals surface area (Å²) >= 11 is 0. The number of benzene rings is 1. The maximum atomic E-state index is 13.4. The molecule has 3 fully saturated rings. The average Bonchev–Trinajstić information content (AvgIpc) is 3.25. The van der Waals surface area contributed by atoms with Gasteiger partial charge in [-0.25, -0.2) is 4.79 Å². The van der Waals surface area contributed by atoms with Crippen molar-refractivity contribution in [2.45, 2.75) is 57.0 Å². The van der Waals surface area contributed by atoms with Crippen LogP contribution in [0.25, 0.3) is 6.08 Å². The minimum atomic E-state index is -0.982. The van der Waals surface area contributed by atoms with E-state index in [2.05, 4.69) is 0 Å². The van der Waals surface area contributed by atoms with Gasteiger partial charge in [0.2, 0.25) is 5.91 Å². The number of carboxylic acids is 1. The first kappa shape index (κ1) is 18.9. The predicted octanol–water partition coefficient (Wildman–Crippen LogP) is 3.54. The molecule has 1 heterocycles. The number of hydrogen-bond donors (Lipinski definition) is 1. The number of likely N-dealkylation sites (tertiary alicyclic amines) is 1. The van der Waals surface area contributed by atoms with Crippen molar-refractivity contribution in [3.8, 4) is 0 Å². The van der Waals surface area contributed by atoms with Gasteiger partial charge in [-0.15, -0.1) is 0 Å². The van der Waals surface area contributed by atoms with Gasteiger partial charge in [0.1, 0.15) is 11.8 Å². The Morgan fingerprint density at radius 2 is 1.75 bits per heavy atom. The lowest BCUT2D eigenvalue weighted by Gasteiger charge is -2.33. The van der Waals surface area contributed by atoms with Crippen molar-refractivity contribution in [2.24, 2.45) is 17.8 Å². The Morgan fingerprint density at radius 3 is 2.43 bits per heavy atom. The smallest absolute Gasteiger partial charge is 0.326 e. The maximum absolute atomic E-state index is 13.4. The molecule has 1 N–H and O–H groups in total. The molecule has 2 aliphatic carbocycles. The van der Waals surface area contributed by atoms with Crippen LogP contribution >= 0.6 is 0 Å². The molecule has 4 unspecified atom stereocenters. The lowest BCUT2D eigenvalue weighted by atomic mass is 9.87. The third kappa shape index (κ3) is 3.38. The summed E-state index contributed by atoms with van der Waals surface area (Å²) in [6, 6.07) is 8.36. The number of fused-ring (bicyclic) bond motifs is 1. The summed E-state index contributed by atoms with van der Waals surface area (Å²) in [5, 5.41) is 9.94. The zero-order chi connectivity index (χ0) is 19.7. The zero-order valence-electron chi connectivity index (χ0n) is 16.0. The third-order valence-electron chi connectivity index (χ3n) is 6.70. The van der Waals surface area contributed by atoms with Crippen molar-refractivity contribution < 1.29 is 19.5 Å². The highest BCUT2D eigenvalue weighted by Crippen LogP contribution is 2.46. The Labute approximate surface area is 165 Å². The van der Waals surface area contributed by atoms with Crippen LogP contribution in [0.5, 0.6) is 0 Å². The summed E-state index contributed by atoms with van der Waals surface area (Å²) in [5.41, 5.74) is 0.980. The molecule has 3 aliphatic rings. The summed E-state index contributed by atoms with van der Waals surface area (Å²) < 4.78 is 0. The molecule has 5 nitrogen and oxygen atoms in total. The lowest BCUT2D eigenvalue weighted by Crippen LogP contribution is -2.49. The van der Waals surface area contributed by atoms with Gasteiger partial charge in [0.15, 0.2) is 0 Å². The van der Waals surface area contributed by atoms with Gasteiger partial charge >= 0.3 is 5.97 Å². The standard InChI is InChI=1S/C23H27NO4/c25-19-14-12-17-20(19)18(13-11-15-7-3-1-4-8-15)24(21(17)23(27)28)22(26)16-9-5-2-6-10-16/h1,3-4,7-8,11,13,16-18,20-21H,2,5-6,9-10,12,14H2,(H,27,28). The van der Waals surface area contributed by atoms with Gasteiger partial charge in [-0.05, 0) is 24.8 Å². The first-order chi connectivity index (χ1) is 13.6. The molecule has 1 aliphatic heterocycles. The van der Waals surface area contributed by atoms with Crippen molar-refractivity contribution in [3.63, 3.8) is 0 Å². The van der Waals surface area contributed by atoms with Gasteiger partial charge in [-0.1, -0.05) is 61.7 Å². The van der Waals surface area contributed by atoms with Crippen LogP contribution in [0.4, 0.5) is 0 Å². The van der Waals surface area contributed by atoms with E-state index in [1.165, 1.54) is 0 Å². The van der Waals surface area contributed by atoms with Gasteiger partial charge < -0.3 is 10.0 Å². The molecule has 1 saturated heterocycles. The van der Waals surface area contributed by atoms with Crippen LogP contribution < -0.4 is 0 Å². The highest BCUT2D eigenvalue weighted by atomic mass is 16.4. The number of nitrogens with zero attached hydrogens (tertiary/aromatic N) is 1. The lowest BCUT2D eigenvalue weighted by molar-refractivity contribution is -0.152. The summed E-state index contributed by atoms with van der Waals surface area (Å²) in [6.45, 7) is 0. The molecule has 4 rings (SSSR count). The van der Waals surface area contributed by atoms with Gasteiger partial charge in [-0.3, -0.25) is 9.59 Å². The summed E-state index contributed by atoms with van der Waals surface area (Å²) in [6.07, 6.45) is 9.58. The van der Waals surface area contributed by atoms with Crippen LogP contribution in [0, 0.1) is 17.8 Å². The molecule has 4 atom stereocenters. The molecule has 148 valence electrons. The van der Waals surface area contributed by atoms with Crippen molar-refractivity contribution in [1.29, 1.82) is 0 Å². The number of rotatable bonds is 4. The highest BCUT2D eigenvalue weighted by Gasteiger charge is 2.58. The third-order valence-corrected chi connectivity index (χ3v) is 6.70. The number of carbonyl (C=O) groups excluding carboxylic acids is 2. The zero-order valence-corrected chi connectivity index (χ0v) is 16.0. The Morgan fingerprint density at radius 1 is 1.04 bits per heavy atom. The molecular formula is C23H27NO4. The Kier molecular flexibility index (Phi) is 5.33. The van der Waals surface area contributed by atoms with E-state index in [0.717, 1.165) is 37.7 Å². The second-order valence-corrected chi connectivity index (χ2v) is 8.32. The normalized spacial score (nSPS) is 30.7. The quantitative estimate of drug-likeness (QED) is 0.866. The van der Waals surface area contributed by atoms with Crippen molar-refractivity contribution >= 4 is 23.7 Å². The molecule has 0 radical (unpaired) electrons. The Hall–Kier alpha value is -2.43. The van der Waals surface area contributed by atoms with Crippen LogP contribution in [0.2, 0.25) is 0 Å². The fourth-order valence-corrected chi connectivity index (χ4v) is 5.39. The second-order valence-electron chi connectivity index (χ2n) is 8.32. The summed E-state index contributed by atoms with van der Waals surface area (Å²) in [5.74, 6) is -1.74. The van der Waals surface area contributed by atoms with E-state index < -0.39 is 24.0 Å². The molecule has 5 heteroatoms. The van der Waals surface area contributed by atoms with Gasteiger partial charge in [0.05, 0.1) is 6.04 Å². The minimum Gasteiger partial charge on any atom is -0.480 e. The number of carbonyl (C=O) groups is 3. The number of hydrogen-bond acceptors (Lipinski definition) is 3. The number of aliphatic carboxylic acids is 1. The minimum absolute atomic E-state index is 0.0722.